The van der Waals surface area contributed by atoms with Crippen LogP contribution in [-0.2, 0) is 7.05 Å². The van der Waals surface area contributed by atoms with Crippen molar-refractivity contribution >= 4 is 21.8 Å². The fourth-order valence-electron chi connectivity index (χ4n) is 2.74. The van der Waals surface area contributed by atoms with Crippen molar-refractivity contribution in [2.75, 3.05) is 0 Å². The molecule has 0 aliphatic carbocycles. The molecule has 108 valence electrons. The van der Waals surface area contributed by atoms with Crippen molar-refractivity contribution < 1.29 is 8.78 Å². The van der Waals surface area contributed by atoms with Gasteiger partial charge in [-0.1, -0.05) is 24.3 Å². The molecule has 0 amide bonds. The summed E-state index contributed by atoms with van der Waals surface area (Å²) in [5.41, 5.74) is 1.36. The number of aryl methyl sites for hydroxylation is 1. The lowest BCUT2D eigenvalue weighted by Crippen LogP contribution is -1.94. The maximum Gasteiger partial charge on any atom is 0.186 e. The van der Waals surface area contributed by atoms with E-state index in [1.165, 1.54) is 6.07 Å². The van der Waals surface area contributed by atoms with Crippen LogP contribution in [0.1, 0.15) is 0 Å². The Hall–Kier alpha value is -2.82. The number of halogens is 2. The molecule has 22 heavy (non-hydrogen) atoms. The van der Waals surface area contributed by atoms with Crippen LogP contribution < -0.4 is 0 Å². The average Bonchev–Trinajstić information content (AvgIpc) is 2.88. The molecule has 0 saturated carbocycles. The Balaban J connectivity index is 2.09. The largest absolute Gasteiger partial charge is 0.327 e. The number of pyridine rings is 1. The van der Waals surface area contributed by atoms with Crippen molar-refractivity contribution in [1.82, 2.24) is 14.5 Å². The molecule has 0 unspecified atom stereocenters. The normalized spacial score (nSPS) is 11.4. The van der Waals surface area contributed by atoms with Gasteiger partial charge in [0.2, 0.25) is 0 Å². The topological polar surface area (TPSA) is 30.7 Å². The SMILES string of the molecule is Cn1c(-c2cncc3ccccc23)nc2c(F)c(F)ccc21. The van der Waals surface area contributed by atoms with Crippen LogP contribution in [0.2, 0.25) is 0 Å². The third kappa shape index (κ3) is 1.72. The number of nitrogens with zero attached hydrogens (tertiary/aromatic N) is 3. The van der Waals surface area contributed by atoms with E-state index in [2.05, 4.69) is 9.97 Å². The van der Waals surface area contributed by atoms with E-state index in [4.69, 9.17) is 0 Å². The molecule has 0 aliphatic rings. The number of hydrogen-bond donors (Lipinski definition) is 0. The lowest BCUT2D eigenvalue weighted by atomic mass is 10.1. The summed E-state index contributed by atoms with van der Waals surface area (Å²) in [4.78, 5) is 8.52. The van der Waals surface area contributed by atoms with E-state index in [1.807, 2.05) is 24.3 Å². The fraction of sp³-hybridized carbons (Fsp3) is 0.0588. The molecular weight excluding hydrogens is 284 g/mol. The maximum atomic E-state index is 14.0. The van der Waals surface area contributed by atoms with Crippen LogP contribution in [-0.4, -0.2) is 14.5 Å². The van der Waals surface area contributed by atoms with Gasteiger partial charge in [-0.15, -0.1) is 0 Å². The van der Waals surface area contributed by atoms with Gasteiger partial charge in [0.25, 0.3) is 0 Å². The Labute approximate surface area is 124 Å². The van der Waals surface area contributed by atoms with Gasteiger partial charge in [-0.3, -0.25) is 4.98 Å². The van der Waals surface area contributed by atoms with Crippen LogP contribution in [0.25, 0.3) is 33.2 Å². The number of imidazole rings is 1. The zero-order valence-corrected chi connectivity index (χ0v) is 11.7. The summed E-state index contributed by atoms with van der Waals surface area (Å²) in [6.45, 7) is 0. The molecule has 0 spiro atoms. The highest BCUT2D eigenvalue weighted by molar-refractivity contribution is 5.96. The van der Waals surface area contributed by atoms with E-state index < -0.39 is 11.6 Å². The van der Waals surface area contributed by atoms with Crippen molar-refractivity contribution in [2.45, 2.75) is 0 Å². The van der Waals surface area contributed by atoms with E-state index in [0.717, 1.165) is 22.4 Å². The van der Waals surface area contributed by atoms with E-state index in [9.17, 15) is 8.78 Å². The van der Waals surface area contributed by atoms with E-state index in [1.54, 1.807) is 24.0 Å². The number of benzene rings is 2. The molecule has 4 aromatic rings. The van der Waals surface area contributed by atoms with Crippen LogP contribution in [0, 0.1) is 11.6 Å². The van der Waals surface area contributed by atoms with E-state index in [0.29, 0.717) is 11.3 Å². The first-order valence-electron chi connectivity index (χ1n) is 6.80. The van der Waals surface area contributed by atoms with Gasteiger partial charge in [0, 0.05) is 30.4 Å². The Kier molecular flexibility index (Phi) is 2.69. The van der Waals surface area contributed by atoms with Crippen LogP contribution in [0.4, 0.5) is 8.78 Å². The zero-order valence-electron chi connectivity index (χ0n) is 11.7. The summed E-state index contributed by atoms with van der Waals surface area (Å²) in [6.07, 6.45) is 3.46. The van der Waals surface area contributed by atoms with Gasteiger partial charge in [0.1, 0.15) is 11.3 Å². The van der Waals surface area contributed by atoms with Gasteiger partial charge in [0.05, 0.1) is 5.52 Å². The highest BCUT2D eigenvalue weighted by atomic mass is 19.2. The molecule has 0 bridgehead atoms. The first kappa shape index (κ1) is 12.9. The summed E-state index contributed by atoms with van der Waals surface area (Å²) >= 11 is 0. The molecular formula is C17H11F2N3. The van der Waals surface area contributed by atoms with Gasteiger partial charge in [0.15, 0.2) is 11.6 Å². The monoisotopic (exact) mass is 295 g/mol. The van der Waals surface area contributed by atoms with Crippen molar-refractivity contribution in [3.05, 3.63) is 60.4 Å². The predicted molar refractivity (Wildman–Crippen MR) is 81.4 cm³/mol. The summed E-state index contributed by atoms with van der Waals surface area (Å²) < 4.78 is 29.1. The summed E-state index contributed by atoms with van der Waals surface area (Å²) in [7, 11) is 1.78. The fourth-order valence-corrected chi connectivity index (χ4v) is 2.74. The standard InChI is InChI=1S/C17H11F2N3/c1-22-14-7-6-13(18)15(19)16(14)21-17(22)12-9-20-8-10-4-2-3-5-11(10)12/h2-9H,1H3. The van der Waals surface area contributed by atoms with Crippen LogP contribution in [0.15, 0.2) is 48.8 Å². The van der Waals surface area contributed by atoms with Crippen LogP contribution >= 0.6 is 0 Å². The molecule has 3 nitrogen and oxygen atoms in total. The van der Waals surface area contributed by atoms with Crippen molar-refractivity contribution in [3.63, 3.8) is 0 Å². The number of fused-ring (bicyclic) bond motifs is 2. The number of hydrogen-bond acceptors (Lipinski definition) is 2. The second-order valence-electron chi connectivity index (χ2n) is 5.13. The summed E-state index contributed by atoms with van der Waals surface area (Å²) in [6, 6.07) is 10.4. The Bertz CT molecular complexity index is 1020. The number of rotatable bonds is 1. The third-order valence-corrected chi connectivity index (χ3v) is 3.85. The highest BCUT2D eigenvalue weighted by Crippen LogP contribution is 2.30. The molecule has 0 saturated heterocycles. The lowest BCUT2D eigenvalue weighted by molar-refractivity contribution is 0.515. The maximum absolute atomic E-state index is 14.0. The summed E-state index contributed by atoms with van der Waals surface area (Å²) in [5.74, 6) is -1.26. The third-order valence-electron chi connectivity index (χ3n) is 3.85. The molecule has 5 heteroatoms. The molecule has 0 atom stereocenters. The lowest BCUT2D eigenvalue weighted by Gasteiger charge is -2.06. The van der Waals surface area contributed by atoms with Crippen molar-refractivity contribution in [1.29, 1.82) is 0 Å². The minimum atomic E-state index is -0.924. The van der Waals surface area contributed by atoms with Gasteiger partial charge >= 0.3 is 0 Å². The molecule has 2 heterocycles. The number of aromatic nitrogens is 3. The first-order valence-corrected chi connectivity index (χ1v) is 6.80. The minimum Gasteiger partial charge on any atom is -0.327 e. The Morgan fingerprint density at radius 3 is 2.68 bits per heavy atom. The molecule has 0 aliphatic heterocycles. The van der Waals surface area contributed by atoms with Gasteiger partial charge in [-0.2, -0.15) is 0 Å². The quantitative estimate of drug-likeness (QED) is 0.530. The second-order valence-corrected chi connectivity index (χ2v) is 5.13. The predicted octanol–water partition coefficient (Wildman–Crippen LogP) is 4.07. The second kappa shape index (κ2) is 4.59. The first-order chi connectivity index (χ1) is 10.7. The molecule has 2 aromatic carbocycles. The Morgan fingerprint density at radius 2 is 1.82 bits per heavy atom. The average molecular weight is 295 g/mol. The van der Waals surface area contributed by atoms with Crippen molar-refractivity contribution in [2.24, 2.45) is 7.05 Å². The van der Waals surface area contributed by atoms with E-state index >= 15 is 0 Å². The molecule has 0 radical (unpaired) electrons. The minimum absolute atomic E-state index is 0.0328. The molecule has 2 aromatic heterocycles. The Morgan fingerprint density at radius 1 is 1.00 bits per heavy atom. The smallest absolute Gasteiger partial charge is 0.186 e. The highest BCUT2D eigenvalue weighted by Gasteiger charge is 2.17. The van der Waals surface area contributed by atoms with Crippen LogP contribution in [0.5, 0.6) is 0 Å². The van der Waals surface area contributed by atoms with Crippen LogP contribution in [0.3, 0.4) is 0 Å². The molecule has 4 rings (SSSR count). The molecule has 0 fully saturated rings. The van der Waals surface area contributed by atoms with E-state index in [-0.39, 0.29) is 5.52 Å². The molecule has 0 N–H and O–H groups in total. The van der Waals surface area contributed by atoms with Crippen molar-refractivity contribution in [3.8, 4) is 11.4 Å². The van der Waals surface area contributed by atoms with Gasteiger partial charge in [-0.05, 0) is 17.5 Å². The zero-order chi connectivity index (χ0) is 15.3. The summed E-state index contributed by atoms with van der Waals surface area (Å²) in [5, 5.41) is 1.94. The van der Waals surface area contributed by atoms with Gasteiger partial charge in [-0.25, -0.2) is 13.8 Å². The van der Waals surface area contributed by atoms with Gasteiger partial charge < -0.3 is 4.57 Å².